The summed E-state index contributed by atoms with van der Waals surface area (Å²) in [5, 5.41) is 4.99. The predicted octanol–water partition coefficient (Wildman–Crippen LogP) is 4.91. The summed E-state index contributed by atoms with van der Waals surface area (Å²) in [6.45, 7) is 3.22. The molecule has 2 aliphatic carbocycles. The van der Waals surface area contributed by atoms with E-state index in [-0.39, 0.29) is 0 Å². The SMILES string of the molecule is CCNC(CC1CC2CCC1C2)c1coc2ccccc12. The first-order valence-electron chi connectivity index (χ1n) is 8.54. The van der Waals surface area contributed by atoms with Crippen LogP contribution >= 0.6 is 0 Å². The fourth-order valence-corrected chi connectivity index (χ4v) is 4.80. The summed E-state index contributed by atoms with van der Waals surface area (Å²) in [4.78, 5) is 0. The third-order valence-corrected chi connectivity index (χ3v) is 5.76. The monoisotopic (exact) mass is 283 g/mol. The maximum atomic E-state index is 5.76. The molecule has 2 fully saturated rings. The standard InChI is InChI=1S/C19H25NO/c1-2-20-18(11-15-10-13-7-8-14(15)9-13)17-12-21-19-6-4-3-5-16(17)19/h3-6,12-15,18,20H,2,7-11H2,1H3. The first kappa shape index (κ1) is 13.4. The first-order valence-corrected chi connectivity index (χ1v) is 8.54. The molecule has 1 aromatic heterocycles. The molecule has 2 aromatic rings. The predicted molar refractivity (Wildman–Crippen MR) is 86.2 cm³/mol. The maximum Gasteiger partial charge on any atom is 0.134 e. The zero-order valence-electron chi connectivity index (χ0n) is 12.8. The van der Waals surface area contributed by atoms with Crippen LogP contribution in [0.5, 0.6) is 0 Å². The highest BCUT2D eigenvalue weighted by Crippen LogP contribution is 2.51. The molecular weight excluding hydrogens is 258 g/mol. The Morgan fingerprint density at radius 3 is 2.90 bits per heavy atom. The Hall–Kier alpha value is -1.28. The van der Waals surface area contributed by atoms with E-state index in [0.29, 0.717) is 6.04 Å². The molecule has 4 atom stereocenters. The van der Waals surface area contributed by atoms with E-state index in [4.69, 9.17) is 4.42 Å². The zero-order chi connectivity index (χ0) is 14.2. The summed E-state index contributed by atoms with van der Waals surface area (Å²) in [6.07, 6.45) is 9.17. The van der Waals surface area contributed by atoms with Crippen molar-refractivity contribution >= 4 is 11.0 Å². The van der Waals surface area contributed by atoms with Crippen molar-refractivity contribution in [2.75, 3.05) is 6.54 Å². The van der Waals surface area contributed by atoms with Crippen LogP contribution in [0, 0.1) is 17.8 Å². The summed E-state index contributed by atoms with van der Waals surface area (Å²) in [5.74, 6) is 2.94. The van der Waals surface area contributed by atoms with Gasteiger partial charge in [-0.25, -0.2) is 0 Å². The van der Waals surface area contributed by atoms with E-state index in [0.717, 1.165) is 29.9 Å². The number of hydrogen-bond donors (Lipinski definition) is 1. The van der Waals surface area contributed by atoms with Crippen molar-refractivity contribution in [2.24, 2.45) is 17.8 Å². The molecule has 21 heavy (non-hydrogen) atoms. The Bertz CT molecular complexity index is 617. The van der Waals surface area contributed by atoms with Crippen LogP contribution in [0.4, 0.5) is 0 Å². The van der Waals surface area contributed by atoms with E-state index in [1.54, 1.807) is 0 Å². The number of fused-ring (bicyclic) bond motifs is 3. The Morgan fingerprint density at radius 2 is 2.14 bits per heavy atom. The number of benzene rings is 1. The van der Waals surface area contributed by atoms with Crippen molar-refractivity contribution < 1.29 is 4.42 Å². The molecule has 1 heterocycles. The van der Waals surface area contributed by atoms with Crippen molar-refractivity contribution in [3.63, 3.8) is 0 Å². The van der Waals surface area contributed by atoms with Gasteiger partial charge in [-0.15, -0.1) is 0 Å². The minimum Gasteiger partial charge on any atom is -0.464 e. The van der Waals surface area contributed by atoms with E-state index in [2.05, 4.69) is 30.4 Å². The summed E-state index contributed by atoms with van der Waals surface area (Å²) < 4.78 is 5.76. The molecular formula is C19H25NO. The molecule has 2 saturated carbocycles. The van der Waals surface area contributed by atoms with Gasteiger partial charge in [0.2, 0.25) is 0 Å². The molecule has 0 saturated heterocycles. The second-order valence-corrected chi connectivity index (χ2v) is 6.97. The summed E-state index contributed by atoms with van der Waals surface area (Å²) in [6, 6.07) is 8.87. The number of rotatable bonds is 5. The van der Waals surface area contributed by atoms with Crippen LogP contribution in [0.25, 0.3) is 11.0 Å². The van der Waals surface area contributed by atoms with Gasteiger partial charge < -0.3 is 9.73 Å². The van der Waals surface area contributed by atoms with Gasteiger partial charge in [0.1, 0.15) is 5.58 Å². The smallest absolute Gasteiger partial charge is 0.134 e. The number of furan rings is 1. The van der Waals surface area contributed by atoms with Gasteiger partial charge in [0.15, 0.2) is 0 Å². The quantitative estimate of drug-likeness (QED) is 0.843. The molecule has 1 N–H and O–H groups in total. The number of para-hydroxylation sites is 1. The lowest BCUT2D eigenvalue weighted by Gasteiger charge is -2.27. The normalized spacial score (nSPS) is 29.3. The average Bonchev–Trinajstić information content (AvgIpc) is 3.21. The molecule has 1 aromatic carbocycles. The highest BCUT2D eigenvalue weighted by Gasteiger charge is 2.40. The molecule has 0 amide bonds. The molecule has 0 radical (unpaired) electrons. The van der Waals surface area contributed by atoms with Gasteiger partial charge in [0.05, 0.1) is 6.26 Å². The first-order chi connectivity index (χ1) is 10.3. The van der Waals surface area contributed by atoms with Gasteiger partial charge in [-0.05, 0) is 56.0 Å². The molecule has 2 heteroatoms. The molecule has 2 nitrogen and oxygen atoms in total. The lowest BCUT2D eigenvalue weighted by atomic mass is 9.82. The largest absolute Gasteiger partial charge is 0.464 e. The van der Waals surface area contributed by atoms with Gasteiger partial charge in [0.25, 0.3) is 0 Å². The molecule has 2 aliphatic rings. The van der Waals surface area contributed by atoms with Crippen LogP contribution < -0.4 is 5.32 Å². The van der Waals surface area contributed by atoms with E-state index in [1.807, 2.05) is 12.3 Å². The second-order valence-electron chi connectivity index (χ2n) is 6.97. The van der Waals surface area contributed by atoms with Crippen LogP contribution in [0.2, 0.25) is 0 Å². The summed E-state index contributed by atoms with van der Waals surface area (Å²) >= 11 is 0. The molecule has 4 rings (SSSR count). The van der Waals surface area contributed by atoms with Crippen LogP contribution in [0.15, 0.2) is 34.9 Å². The van der Waals surface area contributed by atoms with E-state index < -0.39 is 0 Å². The number of nitrogens with one attached hydrogen (secondary N) is 1. The highest BCUT2D eigenvalue weighted by molar-refractivity contribution is 5.81. The molecule has 4 unspecified atom stereocenters. The van der Waals surface area contributed by atoms with Crippen LogP contribution in [0.1, 0.15) is 50.6 Å². The van der Waals surface area contributed by atoms with Gasteiger partial charge in [-0.1, -0.05) is 31.5 Å². The van der Waals surface area contributed by atoms with Crippen LogP contribution in [0.3, 0.4) is 0 Å². The van der Waals surface area contributed by atoms with Crippen molar-refractivity contribution in [3.8, 4) is 0 Å². The molecule has 112 valence electrons. The fourth-order valence-electron chi connectivity index (χ4n) is 4.80. The maximum absolute atomic E-state index is 5.76. The van der Waals surface area contributed by atoms with Crippen molar-refractivity contribution in [2.45, 2.75) is 45.1 Å². The number of hydrogen-bond acceptors (Lipinski definition) is 2. The van der Waals surface area contributed by atoms with Crippen molar-refractivity contribution in [1.29, 1.82) is 0 Å². The van der Waals surface area contributed by atoms with Gasteiger partial charge in [-0.3, -0.25) is 0 Å². The van der Waals surface area contributed by atoms with Crippen molar-refractivity contribution in [3.05, 3.63) is 36.1 Å². The molecule has 2 bridgehead atoms. The third kappa shape index (κ3) is 2.40. The van der Waals surface area contributed by atoms with Crippen molar-refractivity contribution in [1.82, 2.24) is 5.32 Å². The van der Waals surface area contributed by atoms with Gasteiger partial charge >= 0.3 is 0 Å². The third-order valence-electron chi connectivity index (χ3n) is 5.76. The van der Waals surface area contributed by atoms with E-state index in [9.17, 15) is 0 Å². The minimum atomic E-state index is 0.447. The topological polar surface area (TPSA) is 25.2 Å². The Labute approximate surface area is 126 Å². The molecule has 0 spiro atoms. The Balaban J connectivity index is 1.59. The van der Waals surface area contributed by atoms with Gasteiger partial charge in [-0.2, -0.15) is 0 Å². The molecule has 0 aliphatic heterocycles. The van der Waals surface area contributed by atoms with Gasteiger partial charge in [0, 0.05) is 17.0 Å². The lowest BCUT2D eigenvalue weighted by molar-refractivity contribution is 0.280. The highest BCUT2D eigenvalue weighted by atomic mass is 16.3. The van der Waals surface area contributed by atoms with E-state index in [1.165, 1.54) is 43.1 Å². The van der Waals surface area contributed by atoms with E-state index >= 15 is 0 Å². The van der Waals surface area contributed by atoms with Crippen LogP contribution in [-0.4, -0.2) is 6.54 Å². The Kier molecular flexibility index (Phi) is 3.50. The average molecular weight is 283 g/mol. The Morgan fingerprint density at radius 1 is 1.24 bits per heavy atom. The second kappa shape index (κ2) is 5.49. The lowest BCUT2D eigenvalue weighted by Crippen LogP contribution is -2.25. The zero-order valence-corrected chi connectivity index (χ0v) is 12.8. The minimum absolute atomic E-state index is 0.447. The summed E-state index contributed by atoms with van der Waals surface area (Å²) in [7, 11) is 0. The van der Waals surface area contributed by atoms with Crippen LogP contribution in [-0.2, 0) is 0 Å². The fraction of sp³-hybridized carbons (Fsp3) is 0.579. The summed E-state index contributed by atoms with van der Waals surface area (Å²) in [5.41, 5.74) is 2.37.